The molecule has 0 fully saturated rings. The van der Waals surface area contributed by atoms with Crippen molar-refractivity contribution in [1.29, 1.82) is 0 Å². The van der Waals surface area contributed by atoms with Crippen LogP contribution >= 0.6 is 0 Å². The van der Waals surface area contributed by atoms with E-state index in [1.807, 2.05) is 0 Å². The summed E-state index contributed by atoms with van der Waals surface area (Å²) >= 11 is 0. The maximum absolute atomic E-state index is 11.3. The topological polar surface area (TPSA) is 86.7 Å². The van der Waals surface area contributed by atoms with E-state index in [2.05, 4.69) is 5.48 Å². The van der Waals surface area contributed by atoms with Crippen molar-refractivity contribution in [2.75, 3.05) is 20.3 Å². The number of furan rings is 1. The Balaban J connectivity index is 2.33. The largest absolute Gasteiger partial charge is 0.454 e. The summed E-state index contributed by atoms with van der Waals surface area (Å²) in [7, 11) is 1.55. The average Bonchev–Trinajstić information content (AvgIpc) is 2.72. The van der Waals surface area contributed by atoms with E-state index in [0.29, 0.717) is 12.4 Å². The van der Waals surface area contributed by atoms with Crippen LogP contribution in [0.25, 0.3) is 0 Å². The van der Waals surface area contributed by atoms with E-state index in [0.717, 1.165) is 0 Å². The Bertz CT molecular complexity index is 311. The first kappa shape index (κ1) is 11.7. The number of amides is 1. The van der Waals surface area contributed by atoms with Gasteiger partial charge in [-0.05, 0) is 12.1 Å². The predicted octanol–water partition coefficient (Wildman–Crippen LogP) is 0.0461. The molecule has 0 saturated carbocycles. The number of hydrogen-bond donors (Lipinski definition) is 2. The molecule has 1 aromatic heterocycles. The highest BCUT2D eigenvalue weighted by atomic mass is 16.7. The van der Waals surface area contributed by atoms with Gasteiger partial charge in [-0.25, -0.2) is 5.48 Å². The van der Waals surface area contributed by atoms with Gasteiger partial charge in [0.1, 0.15) is 5.76 Å². The Labute approximate surface area is 87.3 Å². The molecule has 3 N–H and O–H groups in total. The molecule has 1 aromatic rings. The van der Waals surface area contributed by atoms with E-state index in [9.17, 15) is 4.79 Å². The lowest BCUT2D eigenvalue weighted by Gasteiger charge is -2.02. The van der Waals surface area contributed by atoms with Crippen molar-refractivity contribution in [1.82, 2.24) is 5.48 Å². The van der Waals surface area contributed by atoms with Crippen molar-refractivity contribution in [3.8, 4) is 0 Å². The van der Waals surface area contributed by atoms with E-state index in [1.54, 1.807) is 13.2 Å². The molecular formula is C9H14N2O4. The van der Waals surface area contributed by atoms with Crippen LogP contribution in [-0.4, -0.2) is 26.2 Å². The molecule has 6 heteroatoms. The highest BCUT2D eigenvalue weighted by Crippen LogP contribution is 2.06. The lowest BCUT2D eigenvalue weighted by Crippen LogP contribution is -2.25. The maximum atomic E-state index is 11.3. The fourth-order valence-electron chi connectivity index (χ4n) is 0.902. The van der Waals surface area contributed by atoms with E-state index in [1.165, 1.54) is 6.07 Å². The minimum Gasteiger partial charge on any atom is -0.454 e. The highest BCUT2D eigenvalue weighted by molar-refractivity contribution is 5.90. The first-order valence-electron chi connectivity index (χ1n) is 4.47. The van der Waals surface area contributed by atoms with Crippen molar-refractivity contribution in [2.45, 2.75) is 6.54 Å². The molecule has 0 aliphatic heterocycles. The SMILES string of the molecule is COCCONC(=O)c1ccc(CN)o1. The van der Waals surface area contributed by atoms with Gasteiger partial charge >= 0.3 is 5.91 Å². The number of hydrogen-bond acceptors (Lipinski definition) is 5. The van der Waals surface area contributed by atoms with Crippen molar-refractivity contribution in [2.24, 2.45) is 5.73 Å². The molecule has 0 atom stereocenters. The second kappa shape index (κ2) is 6.18. The van der Waals surface area contributed by atoms with Gasteiger partial charge in [0.2, 0.25) is 0 Å². The van der Waals surface area contributed by atoms with Gasteiger partial charge in [-0.15, -0.1) is 0 Å². The zero-order chi connectivity index (χ0) is 11.1. The van der Waals surface area contributed by atoms with Crippen LogP contribution in [0.2, 0.25) is 0 Å². The van der Waals surface area contributed by atoms with Gasteiger partial charge in [0.25, 0.3) is 0 Å². The van der Waals surface area contributed by atoms with Crippen LogP contribution in [0.1, 0.15) is 16.3 Å². The summed E-state index contributed by atoms with van der Waals surface area (Å²) in [5.74, 6) is 0.288. The van der Waals surface area contributed by atoms with E-state index < -0.39 is 5.91 Å². The van der Waals surface area contributed by atoms with Crippen LogP contribution in [0.4, 0.5) is 0 Å². The molecule has 0 aliphatic rings. The Hall–Kier alpha value is -1.37. The van der Waals surface area contributed by atoms with Gasteiger partial charge in [0.15, 0.2) is 5.76 Å². The molecule has 84 valence electrons. The number of nitrogens with two attached hydrogens (primary N) is 1. The summed E-state index contributed by atoms with van der Waals surface area (Å²) in [6, 6.07) is 3.18. The summed E-state index contributed by atoms with van der Waals surface area (Å²) < 4.78 is 9.84. The summed E-state index contributed by atoms with van der Waals surface area (Å²) in [5, 5.41) is 0. The molecular weight excluding hydrogens is 200 g/mol. The highest BCUT2D eigenvalue weighted by Gasteiger charge is 2.10. The quantitative estimate of drug-likeness (QED) is 0.516. The zero-order valence-electron chi connectivity index (χ0n) is 8.49. The van der Waals surface area contributed by atoms with E-state index in [4.69, 9.17) is 19.7 Å². The number of methoxy groups -OCH3 is 1. The van der Waals surface area contributed by atoms with Crippen LogP contribution in [-0.2, 0) is 16.1 Å². The van der Waals surface area contributed by atoms with Crippen molar-refractivity contribution >= 4 is 5.91 Å². The number of nitrogens with one attached hydrogen (secondary N) is 1. The molecule has 1 amide bonds. The van der Waals surface area contributed by atoms with Gasteiger partial charge in [-0.1, -0.05) is 0 Å². The number of ether oxygens (including phenoxy) is 1. The normalized spacial score (nSPS) is 10.3. The molecule has 1 rings (SSSR count). The van der Waals surface area contributed by atoms with Gasteiger partial charge in [0, 0.05) is 7.11 Å². The Kier molecular flexibility index (Phi) is 4.82. The summed E-state index contributed by atoms with van der Waals surface area (Å²) in [5.41, 5.74) is 7.55. The molecule has 0 saturated heterocycles. The predicted molar refractivity (Wildman–Crippen MR) is 51.9 cm³/mol. The molecule has 0 bridgehead atoms. The minimum atomic E-state index is -0.439. The second-order valence-corrected chi connectivity index (χ2v) is 2.74. The van der Waals surface area contributed by atoms with E-state index in [-0.39, 0.29) is 18.9 Å². The number of carbonyl (C=O) groups is 1. The van der Waals surface area contributed by atoms with Crippen molar-refractivity contribution in [3.05, 3.63) is 23.7 Å². The van der Waals surface area contributed by atoms with Crippen molar-refractivity contribution < 1.29 is 18.8 Å². The molecule has 0 unspecified atom stereocenters. The molecule has 15 heavy (non-hydrogen) atoms. The molecule has 0 aromatic carbocycles. The smallest absolute Gasteiger partial charge is 0.310 e. The first-order valence-corrected chi connectivity index (χ1v) is 4.47. The van der Waals surface area contributed by atoms with Crippen molar-refractivity contribution in [3.63, 3.8) is 0 Å². The Morgan fingerprint density at radius 2 is 2.33 bits per heavy atom. The van der Waals surface area contributed by atoms with Gasteiger partial charge in [0.05, 0.1) is 19.8 Å². The summed E-state index contributed by atoms with van der Waals surface area (Å²) in [6.07, 6.45) is 0. The maximum Gasteiger partial charge on any atom is 0.310 e. The Morgan fingerprint density at radius 3 is 2.93 bits per heavy atom. The first-order chi connectivity index (χ1) is 7.27. The lowest BCUT2D eigenvalue weighted by molar-refractivity contribution is 0.00725. The number of rotatable bonds is 6. The van der Waals surface area contributed by atoms with E-state index >= 15 is 0 Å². The van der Waals surface area contributed by atoms with Crippen LogP contribution in [0.5, 0.6) is 0 Å². The Morgan fingerprint density at radius 1 is 1.53 bits per heavy atom. The van der Waals surface area contributed by atoms with Gasteiger partial charge < -0.3 is 14.9 Å². The zero-order valence-corrected chi connectivity index (χ0v) is 8.49. The third-order valence-electron chi connectivity index (χ3n) is 1.64. The average molecular weight is 214 g/mol. The third kappa shape index (κ3) is 3.70. The summed E-state index contributed by atoms with van der Waals surface area (Å²) in [6.45, 7) is 0.955. The minimum absolute atomic E-state index is 0.174. The fourth-order valence-corrected chi connectivity index (χ4v) is 0.902. The van der Waals surface area contributed by atoms with Crippen LogP contribution in [0.15, 0.2) is 16.5 Å². The molecule has 6 nitrogen and oxygen atoms in total. The van der Waals surface area contributed by atoms with Gasteiger partial charge in [-0.3, -0.25) is 9.63 Å². The summed E-state index contributed by atoms with van der Waals surface area (Å²) in [4.78, 5) is 16.1. The molecule has 1 heterocycles. The number of carbonyl (C=O) groups excluding carboxylic acids is 1. The number of hydroxylamine groups is 1. The lowest BCUT2D eigenvalue weighted by atomic mass is 10.4. The standard InChI is InChI=1S/C9H14N2O4/c1-13-4-5-14-11-9(12)8-3-2-7(6-10)15-8/h2-3H,4-6,10H2,1H3,(H,11,12). The molecule has 0 radical (unpaired) electrons. The third-order valence-corrected chi connectivity index (χ3v) is 1.64. The van der Waals surface area contributed by atoms with Crippen LogP contribution < -0.4 is 11.2 Å². The molecule has 0 aliphatic carbocycles. The van der Waals surface area contributed by atoms with Crippen LogP contribution in [0.3, 0.4) is 0 Å². The molecule has 0 spiro atoms. The van der Waals surface area contributed by atoms with Gasteiger partial charge in [-0.2, -0.15) is 0 Å². The fraction of sp³-hybridized carbons (Fsp3) is 0.444. The monoisotopic (exact) mass is 214 g/mol. The van der Waals surface area contributed by atoms with Crippen LogP contribution in [0, 0.1) is 0 Å². The second-order valence-electron chi connectivity index (χ2n) is 2.74.